The molecule has 5 aliphatic rings. The Hall–Kier alpha value is -2.67. The van der Waals surface area contributed by atoms with Crippen LogP contribution in [0.3, 0.4) is 0 Å². The SMILES string of the molecule is C=C1/C(=C\C=C2CCC[C@@]3(C)C2CC[C@@H]3[C@H](C)CCCC(C)(C)O)C[C@@](O)(C(=O)NC(CCCCC(=O)CCCC[C@@H]2SC[C@@H]3NC(=O)N[C@@H]32)C(=O)O)C[C@H]1O. The monoisotopic (exact) mass is 799 g/mol. The van der Waals surface area contributed by atoms with Crippen molar-refractivity contribution in [3.8, 4) is 0 Å². The number of amides is 3. The first kappa shape index (κ1) is 44.4. The van der Waals surface area contributed by atoms with Gasteiger partial charge in [0, 0.05) is 36.7 Å². The van der Waals surface area contributed by atoms with Gasteiger partial charge in [-0.25, -0.2) is 9.59 Å². The van der Waals surface area contributed by atoms with Gasteiger partial charge in [-0.15, -0.1) is 0 Å². The molecule has 0 radical (unpaired) electrons. The van der Waals surface area contributed by atoms with E-state index < -0.39 is 35.2 Å². The van der Waals surface area contributed by atoms with Gasteiger partial charge in [-0.2, -0.15) is 11.8 Å². The number of ketones is 1. The molecule has 314 valence electrons. The molecule has 5 fully saturated rings. The number of Topliss-reactive ketones (excluding diaryl/α,β-unsaturated/α-hetero) is 1. The van der Waals surface area contributed by atoms with E-state index >= 15 is 0 Å². The third kappa shape index (κ3) is 11.1. The molecule has 2 unspecified atom stereocenters. The fourth-order valence-corrected chi connectivity index (χ4v) is 12.2. The fourth-order valence-electron chi connectivity index (χ4n) is 10.6. The standard InChI is InChI=1S/C44H69N3O8S/c1-27(12-10-22-42(3,4)54)32-20-21-33-29(13-11-23-43(32,33)5)18-19-30-24-44(55,25-36(49)28(30)2)40(52)45-34(39(50)51)16-8-6-14-31(48)15-7-9-17-37-38-35(26-56-37)46-41(53)47-38/h18-19,27,32-38,49,54-55H,2,6-17,20-26H2,1,3-5H3,(H,45,52)(H,50,51)(H2,46,47,53)/b29-18?,30-19-/t27-,32-,33?,34?,35+,36-,37+,38+,43-,44+/m1/s1. The minimum absolute atomic E-state index is 0.0751. The van der Waals surface area contributed by atoms with E-state index in [1.54, 1.807) is 0 Å². The van der Waals surface area contributed by atoms with Gasteiger partial charge in [0.05, 0.1) is 23.8 Å². The Kier molecular flexibility index (Phi) is 15.0. The van der Waals surface area contributed by atoms with Crippen LogP contribution in [0.4, 0.5) is 4.79 Å². The van der Waals surface area contributed by atoms with E-state index in [9.17, 15) is 39.6 Å². The van der Waals surface area contributed by atoms with E-state index in [2.05, 4.69) is 42.5 Å². The third-order valence-corrected chi connectivity index (χ3v) is 15.4. The number of carboxylic acid groups (broad SMARTS) is 1. The summed E-state index contributed by atoms with van der Waals surface area (Å²) in [5.41, 5.74) is -0.0282. The lowest BCUT2D eigenvalue weighted by Gasteiger charge is -2.44. The number of aliphatic hydroxyl groups is 3. The minimum atomic E-state index is -2.00. The number of carbonyl (C=O) groups is 4. The van der Waals surface area contributed by atoms with Crippen LogP contribution in [-0.4, -0.2) is 90.6 Å². The van der Waals surface area contributed by atoms with Gasteiger partial charge < -0.3 is 36.4 Å². The van der Waals surface area contributed by atoms with Crippen LogP contribution in [0.1, 0.15) is 143 Å². The first-order valence-corrected chi connectivity index (χ1v) is 22.4. The van der Waals surface area contributed by atoms with Gasteiger partial charge in [0.15, 0.2) is 0 Å². The molecular weight excluding hydrogens is 731 g/mol. The lowest BCUT2D eigenvalue weighted by Crippen LogP contribution is -2.55. The molecule has 5 rings (SSSR count). The van der Waals surface area contributed by atoms with Gasteiger partial charge >= 0.3 is 12.0 Å². The van der Waals surface area contributed by atoms with E-state index in [1.807, 2.05) is 31.7 Å². The maximum Gasteiger partial charge on any atom is 0.326 e. The summed E-state index contributed by atoms with van der Waals surface area (Å²) in [6.45, 7) is 12.6. The highest BCUT2D eigenvalue weighted by Gasteiger charge is 2.51. The Morgan fingerprint density at radius 2 is 1.80 bits per heavy atom. The summed E-state index contributed by atoms with van der Waals surface area (Å²) in [6.07, 6.45) is 15.5. The molecule has 3 amide bonds. The third-order valence-electron chi connectivity index (χ3n) is 13.9. The van der Waals surface area contributed by atoms with Crippen molar-refractivity contribution >= 4 is 35.5 Å². The first-order chi connectivity index (χ1) is 26.4. The number of fused-ring (bicyclic) bond motifs is 2. The van der Waals surface area contributed by atoms with Crippen LogP contribution in [0, 0.1) is 23.2 Å². The number of aliphatic carboxylic acids is 1. The molecule has 3 saturated carbocycles. The highest BCUT2D eigenvalue weighted by atomic mass is 32.2. The number of allylic oxidation sites excluding steroid dienone is 3. The van der Waals surface area contributed by atoms with Crippen molar-refractivity contribution in [3.05, 3.63) is 35.5 Å². The molecule has 0 aromatic rings. The van der Waals surface area contributed by atoms with E-state index in [1.165, 1.54) is 18.4 Å². The molecule has 7 N–H and O–H groups in total. The number of thioether (sulfide) groups is 1. The van der Waals surface area contributed by atoms with Crippen LogP contribution < -0.4 is 16.0 Å². The molecule has 2 saturated heterocycles. The quantitative estimate of drug-likeness (QED) is 0.0566. The predicted octanol–water partition coefficient (Wildman–Crippen LogP) is 6.50. The van der Waals surface area contributed by atoms with Crippen molar-refractivity contribution in [3.63, 3.8) is 0 Å². The molecule has 0 aromatic carbocycles. The van der Waals surface area contributed by atoms with Crippen LogP contribution in [0.15, 0.2) is 35.5 Å². The topological polar surface area (TPSA) is 185 Å². The highest BCUT2D eigenvalue weighted by molar-refractivity contribution is 8.00. The number of aliphatic hydroxyl groups excluding tert-OH is 1. The molecule has 0 aromatic heterocycles. The number of hydrogen-bond donors (Lipinski definition) is 7. The molecule has 11 nitrogen and oxygen atoms in total. The summed E-state index contributed by atoms with van der Waals surface area (Å²) < 4.78 is 0. The van der Waals surface area contributed by atoms with Gasteiger partial charge in [0.25, 0.3) is 5.91 Å². The van der Waals surface area contributed by atoms with Gasteiger partial charge in [0.1, 0.15) is 17.4 Å². The van der Waals surface area contributed by atoms with E-state index in [0.29, 0.717) is 59.8 Å². The number of carbonyl (C=O) groups excluding carboxylic acids is 3. The van der Waals surface area contributed by atoms with Crippen molar-refractivity contribution in [2.75, 3.05) is 5.75 Å². The lowest BCUT2D eigenvalue weighted by molar-refractivity contribution is -0.149. The average Bonchev–Trinajstić information content (AvgIpc) is 3.79. The predicted molar refractivity (Wildman–Crippen MR) is 220 cm³/mol. The molecule has 2 heterocycles. The highest BCUT2D eigenvalue weighted by Crippen LogP contribution is 2.60. The van der Waals surface area contributed by atoms with Gasteiger partial charge in [0.2, 0.25) is 0 Å². The second kappa shape index (κ2) is 18.9. The maximum atomic E-state index is 13.5. The molecule has 3 aliphatic carbocycles. The number of hydrogen-bond acceptors (Lipinski definition) is 8. The van der Waals surface area contributed by atoms with Crippen molar-refractivity contribution in [1.82, 2.24) is 16.0 Å². The second-order valence-electron chi connectivity index (χ2n) is 18.7. The summed E-state index contributed by atoms with van der Waals surface area (Å²) >= 11 is 1.86. The smallest absolute Gasteiger partial charge is 0.326 e. The molecule has 10 atom stereocenters. The number of carboxylic acids is 1. The second-order valence-corrected chi connectivity index (χ2v) is 20.0. The zero-order chi connectivity index (χ0) is 40.8. The Balaban J connectivity index is 1.09. The molecule has 0 spiro atoms. The summed E-state index contributed by atoms with van der Waals surface area (Å²) in [6, 6.07) is -0.985. The molecule has 12 heteroatoms. The van der Waals surface area contributed by atoms with Crippen LogP contribution in [0.5, 0.6) is 0 Å². The van der Waals surface area contributed by atoms with E-state index in [0.717, 1.165) is 63.5 Å². The van der Waals surface area contributed by atoms with Crippen LogP contribution in [0.25, 0.3) is 0 Å². The van der Waals surface area contributed by atoms with Crippen molar-refractivity contribution in [2.45, 2.75) is 184 Å². The van der Waals surface area contributed by atoms with Crippen molar-refractivity contribution in [2.24, 2.45) is 23.2 Å². The number of nitrogens with one attached hydrogen (secondary N) is 3. The van der Waals surface area contributed by atoms with Gasteiger partial charge in [-0.1, -0.05) is 63.8 Å². The Morgan fingerprint density at radius 3 is 2.52 bits per heavy atom. The lowest BCUT2D eigenvalue weighted by atomic mass is 9.60. The molecule has 56 heavy (non-hydrogen) atoms. The van der Waals surface area contributed by atoms with E-state index in [4.69, 9.17) is 0 Å². The van der Waals surface area contributed by atoms with Crippen molar-refractivity contribution < 1.29 is 39.6 Å². The summed E-state index contributed by atoms with van der Waals surface area (Å²) in [7, 11) is 0. The van der Waals surface area contributed by atoms with Crippen LogP contribution in [0.2, 0.25) is 0 Å². The van der Waals surface area contributed by atoms with E-state index in [-0.39, 0.29) is 48.6 Å². The minimum Gasteiger partial charge on any atom is -0.480 e. The van der Waals surface area contributed by atoms with Crippen LogP contribution in [-0.2, 0) is 14.4 Å². The average molecular weight is 800 g/mol. The summed E-state index contributed by atoms with van der Waals surface area (Å²) in [4.78, 5) is 49.8. The maximum absolute atomic E-state index is 13.5. The Labute approximate surface area is 338 Å². The Bertz CT molecular complexity index is 1520. The molecule has 0 bridgehead atoms. The zero-order valence-electron chi connectivity index (χ0n) is 34.2. The molecular formula is C44H69N3O8S. The zero-order valence-corrected chi connectivity index (χ0v) is 35.1. The number of urea groups is 1. The first-order valence-electron chi connectivity index (χ1n) is 21.4. The van der Waals surface area contributed by atoms with Crippen molar-refractivity contribution in [1.29, 1.82) is 0 Å². The molecule has 2 aliphatic heterocycles. The fraction of sp³-hybridized carbons (Fsp3) is 0.773. The summed E-state index contributed by atoms with van der Waals surface area (Å²) in [5, 5.41) is 51.5. The largest absolute Gasteiger partial charge is 0.480 e. The summed E-state index contributed by atoms with van der Waals surface area (Å²) in [5.74, 6) is 0.618. The van der Waals surface area contributed by atoms with Gasteiger partial charge in [-0.3, -0.25) is 9.59 Å². The van der Waals surface area contributed by atoms with Gasteiger partial charge in [-0.05, 0) is 112 Å². The number of rotatable bonds is 19. The number of unbranched alkanes of at least 4 members (excludes halogenated alkanes) is 2. The normalized spacial score (nSPS) is 34.1. The van der Waals surface area contributed by atoms with Crippen LogP contribution >= 0.6 is 11.8 Å². The Morgan fingerprint density at radius 1 is 1.07 bits per heavy atom.